The Kier molecular flexibility index (Phi) is 8.99. The summed E-state index contributed by atoms with van der Waals surface area (Å²) in [7, 11) is 2.93. The van der Waals surface area contributed by atoms with Crippen LogP contribution < -0.4 is 5.32 Å². The number of amides is 1. The first-order valence-corrected chi connectivity index (χ1v) is 12.0. The molecule has 3 aliphatic rings. The van der Waals surface area contributed by atoms with Crippen LogP contribution in [0, 0.1) is 11.3 Å². The predicted molar refractivity (Wildman–Crippen MR) is 123 cm³/mol. The zero-order valence-electron chi connectivity index (χ0n) is 21.4. The van der Waals surface area contributed by atoms with Crippen molar-refractivity contribution in [1.82, 2.24) is 5.32 Å². The average molecular weight is 504 g/mol. The van der Waals surface area contributed by atoms with Crippen LogP contribution in [0.3, 0.4) is 0 Å². The molecule has 3 aliphatic heterocycles. The summed E-state index contributed by atoms with van der Waals surface area (Å²) in [5.74, 6) is -2.30. The fourth-order valence-corrected chi connectivity index (χ4v) is 5.26. The monoisotopic (exact) mass is 503 g/mol. The molecule has 3 rings (SSSR count). The molecule has 0 aromatic heterocycles. The molecule has 35 heavy (non-hydrogen) atoms. The number of nitrogens with one attached hydrogen (secondary N) is 1. The highest BCUT2D eigenvalue weighted by Crippen LogP contribution is 2.44. The Bertz CT molecular complexity index is 763. The molecule has 0 unspecified atom stereocenters. The topological polar surface area (TPSA) is 145 Å². The van der Waals surface area contributed by atoms with E-state index in [1.54, 1.807) is 7.11 Å². The Hall–Kier alpha value is -1.15. The molecule has 0 saturated carbocycles. The second kappa shape index (κ2) is 11.1. The minimum Gasteiger partial charge on any atom is -0.394 e. The van der Waals surface area contributed by atoms with Gasteiger partial charge in [0.05, 0.1) is 31.0 Å². The lowest BCUT2D eigenvalue weighted by molar-refractivity contribution is -0.333. The highest BCUT2D eigenvalue weighted by atomic mass is 16.7. The molecule has 11 nitrogen and oxygen atoms in total. The van der Waals surface area contributed by atoms with Crippen LogP contribution in [0.4, 0.5) is 0 Å². The van der Waals surface area contributed by atoms with Gasteiger partial charge in [-0.1, -0.05) is 32.9 Å². The summed E-state index contributed by atoms with van der Waals surface area (Å²) in [4.78, 5) is 13.2. The first-order valence-electron chi connectivity index (χ1n) is 12.0. The van der Waals surface area contributed by atoms with E-state index in [1.165, 1.54) is 7.11 Å². The van der Waals surface area contributed by atoms with Crippen molar-refractivity contribution in [2.24, 2.45) is 11.3 Å². The first kappa shape index (κ1) is 28.4. The quantitative estimate of drug-likeness (QED) is 0.336. The summed E-state index contributed by atoms with van der Waals surface area (Å²) in [5, 5.41) is 33.1. The Morgan fingerprint density at radius 2 is 1.91 bits per heavy atom. The highest BCUT2D eigenvalue weighted by molar-refractivity contribution is 5.82. The van der Waals surface area contributed by atoms with Crippen LogP contribution in [-0.2, 0) is 33.2 Å². The van der Waals surface area contributed by atoms with Gasteiger partial charge in [0.2, 0.25) is 5.79 Å². The van der Waals surface area contributed by atoms with Crippen LogP contribution in [0.25, 0.3) is 0 Å². The van der Waals surface area contributed by atoms with Crippen molar-refractivity contribution in [3.05, 3.63) is 12.2 Å². The minimum absolute atomic E-state index is 0.0456. The molecule has 10 atom stereocenters. The number of carbonyl (C=O) groups excluding carboxylic acids is 1. The fraction of sp³-hybridized carbons (Fsp3) is 0.875. The van der Waals surface area contributed by atoms with E-state index in [2.05, 4.69) is 11.9 Å². The van der Waals surface area contributed by atoms with E-state index in [9.17, 15) is 20.1 Å². The van der Waals surface area contributed by atoms with Crippen molar-refractivity contribution < 1.29 is 48.5 Å². The van der Waals surface area contributed by atoms with Crippen LogP contribution >= 0.6 is 0 Å². The van der Waals surface area contributed by atoms with Gasteiger partial charge in [0.15, 0.2) is 12.3 Å². The van der Waals surface area contributed by atoms with Crippen LogP contribution in [0.2, 0.25) is 0 Å². The number of ether oxygens (including phenoxy) is 6. The van der Waals surface area contributed by atoms with Gasteiger partial charge in [0, 0.05) is 38.4 Å². The van der Waals surface area contributed by atoms with Crippen molar-refractivity contribution in [2.75, 3.05) is 27.6 Å². The van der Waals surface area contributed by atoms with Crippen LogP contribution in [-0.4, -0.2) is 104 Å². The molecule has 0 spiro atoms. The molecule has 0 bridgehead atoms. The normalized spacial score (nSPS) is 41.1. The smallest absolute Gasteiger partial charge is 0.256 e. The van der Waals surface area contributed by atoms with Gasteiger partial charge >= 0.3 is 0 Å². The number of hydrogen-bond donors (Lipinski definition) is 4. The van der Waals surface area contributed by atoms with Crippen molar-refractivity contribution >= 4 is 5.91 Å². The molecule has 4 N–H and O–H groups in total. The van der Waals surface area contributed by atoms with Crippen LogP contribution in [0.1, 0.15) is 40.5 Å². The second-order valence-electron chi connectivity index (χ2n) is 10.3. The maximum Gasteiger partial charge on any atom is 0.256 e. The summed E-state index contributed by atoms with van der Waals surface area (Å²) >= 11 is 0. The van der Waals surface area contributed by atoms with Gasteiger partial charge in [0.1, 0.15) is 19.0 Å². The van der Waals surface area contributed by atoms with E-state index < -0.39 is 66.6 Å². The molecule has 1 amide bonds. The predicted octanol–water partition coefficient (Wildman–Crippen LogP) is 0.0582. The molecule has 3 saturated heterocycles. The first-order chi connectivity index (χ1) is 16.4. The van der Waals surface area contributed by atoms with Gasteiger partial charge in [-0.15, -0.1) is 0 Å². The van der Waals surface area contributed by atoms with E-state index in [1.807, 2.05) is 27.7 Å². The van der Waals surface area contributed by atoms with Crippen molar-refractivity contribution in [3.8, 4) is 0 Å². The van der Waals surface area contributed by atoms with Crippen LogP contribution in [0.15, 0.2) is 12.2 Å². The zero-order chi connectivity index (χ0) is 26.1. The highest BCUT2D eigenvalue weighted by Gasteiger charge is 2.57. The summed E-state index contributed by atoms with van der Waals surface area (Å²) in [6, 6.07) is 0. The molecule has 0 radical (unpaired) electrons. The zero-order valence-corrected chi connectivity index (χ0v) is 21.4. The summed E-state index contributed by atoms with van der Waals surface area (Å²) in [6.07, 6.45) is -6.03. The number of carbonyl (C=O) groups is 1. The molecule has 3 fully saturated rings. The molecule has 11 heteroatoms. The number of methoxy groups -OCH3 is 2. The van der Waals surface area contributed by atoms with Gasteiger partial charge in [-0.2, -0.15) is 0 Å². The van der Waals surface area contributed by atoms with Gasteiger partial charge < -0.3 is 49.1 Å². The Morgan fingerprint density at radius 1 is 1.23 bits per heavy atom. The van der Waals surface area contributed by atoms with Crippen molar-refractivity contribution in [2.45, 2.75) is 95.3 Å². The summed E-state index contributed by atoms with van der Waals surface area (Å²) in [6.45, 7) is 11.2. The number of hydrogen-bond acceptors (Lipinski definition) is 10. The fourth-order valence-electron chi connectivity index (χ4n) is 5.26. The average Bonchev–Trinajstić information content (AvgIpc) is 2.82. The minimum atomic E-state index is -1.67. The van der Waals surface area contributed by atoms with E-state index in [0.29, 0.717) is 0 Å². The summed E-state index contributed by atoms with van der Waals surface area (Å²) < 4.78 is 35.0. The number of rotatable bonds is 8. The maximum atomic E-state index is 13.2. The molecule has 3 heterocycles. The van der Waals surface area contributed by atoms with E-state index in [4.69, 9.17) is 28.4 Å². The molecule has 0 aliphatic carbocycles. The summed E-state index contributed by atoms with van der Waals surface area (Å²) in [5.41, 5.74) is 0.228. The Balaban J connectivity index is 1.79. The SMILES string of the molecule is C=C1C[C@](OC)([C@H](O)C(=O)N[C@@H]2OCO[C@H]3[C@@H]2O[C@H](C[C@H](O)CO)C(C)(C)[C@@H]3OC)O[C@H](C)[C@@H]1C. The van der Waals surface area contributed by atoms with E-state index in [-0.39, 0.29) is 31.7 Å². The molecular weight excluding hydrogens is 462 g/mol. The number of aliphatic hydroxyl groups is 3. The standard InChI is InChI=1S/C24H41NO10/c1-12-9-24(31-7,35-14(3)13(12)2)19(28)21(29)25-22-18-17(32-11-33-22)20(30-6)23(4,5)16(34-18)8-15(27)10-26/h13-20,22,26-28H,1,8-11H2,2-7H3,(H,25,29)/t13-,14-,15+,16-,17+,18+,19-,20-,22-,24-/m1/s1. The third-order valence-corrected chi connectivity index (χ3v) is 7.77. The lowest BCUT2D eigenvalue weighted by Crippen LogP contribution is -2.69. The van der Waals surface area contributed by atoms with Gasteiger partial charge in [-0.05, 0) is 6.92 Å². The Labute approximate surface area is 206 Å². The second-order valence-corrected chi connectivity index (χ2v) is 10.3. The molecular formula is C24H41NO10. The lowest BCUT2D eigenvalue weighted by Gasteiger charge is -2.54. The van der Waals surface area contributed by atoms with E-state index >= 15 is 0 Å². The largest absolute Gasteiger partial charge is 0.394 e. The van der Waals surface area contributed by atoms with Crippen molar-refractivity contribution in [3.63, 3.8) is 0 Å². The molecule has 202 valence electrons. The van der Waals surface area contributed by atoms with Gasteiger partial charge in [-0.25, -0.2) is 0 Å². The van der Waals surface area contributed by atoms with Crippen molar-refractivity contribution in [1.29, 1.82) is 0 Å². The maximum absolute atomic E-state index is 13.2. The number of aliphatic hydroxyl groups excluding tert-OH is 3. The third-order valence-electron chi connectivity index (χ3n) is 7.77. The number of fused-ring (bicyclic) bond motifs is 1. The van der Waals surface area contributed by atoms with Gasteiger partial charge in [-0.3, -0.25) is 4.79 Å². The third kappa shape index (κ3) is 5.43. The van der Waals surface area contributed by atoms with Gasteiger partial charge in [0.25, 0.3) is 5.91 Å². The molecule has 0 aromatic carbocycles. The van der Waals surface area contributed by atoms with E-state index in [0.717, 1.165) is 5.57 Å². The lowest BCUT2D eigenvalue weighted by atomic mass is 9.72. The van der Waals surface area contributed by atoms with Crippen LogP contribution in [0.5, 0.6) is 0 Å². The Morgan fingerprint density at radius 3 is 2.49 bits per heavy atom. The molecule has 0 aromatic rings.